The summed E-state index contributed by atoms with van der Waals surface area (Å²) in [6, 6.07) is 15.6. The van der Waals surface area contributed by atoms with E-state index in [1.54, 1.807) is 11.0 Å². The van der Waals surface area contributed by atoms with Crippen LogP contribution in [0.15, 0.2) is 48.5 Å². The maximum absolute atomic E-state index is 12.8. The van der Waals surface area contributed by atoms with Crippen molar-refractivity contribution in [3.05, 3.63) is 65.2 Å². The van der Waals surface area contributed by atoms with Gasteiger partial charge in [0.25, 0.3) is 5.91 Å². The van der Waals surface area contributed by atoms with Crippen molar-refractivity contribution in [2.45, 2.75) is 44.8 Å². The standard InChI is InChI=1S/C23H31NO4Si/c1-5-14-24-22(25)20-8-6-7-9-21(20)23(24,26)18-10-12-19(13-11-18)28-17-27-15-16-29(2,3)4/h6-13,26H,5,14-17H2,1-4H3. The number of aliphatic hydroxyl groups is 1. The first-order valence-corrected chi connectivity index (χ1v) is 13.9. The summed E-state index contributed by atoms with van der Waals surface area (Å²) in [6.07, 6.45) is 0.762. The second-order valence-corrected chi connectivity index (χ2v) is 14.3. The molecule has 2 aromatic rings. The maximum atomic E-state index is 12.8. The molecule has 1 amide bonds. The zero-order valence-corrected chi connectivity index (χ0v) is 18.8. The molecule has 1 aliphatic rings. The van der Waals surface area contributed by atoms with E-state index in [0.29, 0.717) is 35.6 Å². The van der Waals surface area contributed by atoms with Crippen LogP contribution in [0.3, 0.4) is 0 Å². The lowest BCUT2D eigenvalue weighted by Gasteiger charge is -2.34. The highest BCUT2D eigenvalue weighted by atomic mass is 28.3. The largest absolute Gasteiger partial charge is 0.468 e. The molecule has 156 valence electrons. The zero-order chi connectivity index (χ0) is 21.1. The number of fused-ring (bicyclic) bond motifs is 1. The van der Waals surface area contributed by atoms with Gasteiger partial charge >= 0.3 is 0 Å². The fourth-order valence-electron chi connectivity index (χ4n) is 3.54. The lowest BCUT2D eigenvalue weighted by Crippen LogP contribution is -2.45. The van der Waals surface area contributed by atoms with Crippen molar-refractivity contribution in [2.75, 3.05) is 19.9 Å². The van der Waals surface area contributed by atoms with Gasteiger partial charge in [0.15, 0.2) is 12.5 Å². The van der Waals surface area contributed by atoms with Crippen molar-refractivity contribution >= 4 is 14.0 Å². The van der Waals surface area contributed by atoms with E-state index in [2.05, 4.69) is 19.6 Å². The van der Waals surface area contributed by atoms with Gasteiger partial charge in [-0.15, -0.1) is 0 Å². The minimum Gasteiger partial charge on any atom is -0.468 e. The molecule has 0 aromatic heterocycles. The number of rotatable bonds is 9. The SMILES string of the molecule is CCCN1C(=O)c2ccccc2C1(O)c1ccc(OCOCC[Si](C)(C)C)cc1. The summed E-state index contributed by atoms with van der Waals surface area (Å²) in [5, 5.41) is 11.6. The van der Waals surface area contributed by atoms with Crippen LogP contribution in [-0.2, 0) is 10.5 Å². The van der Waals surface area contributed by atoms with E-state index in [1.807, 2.05) is 49.4 Å². The van der Waals surface area contributed by atoms with Crippen LogP contribution in [0.1, 0.15) is 34.8 Å². The van der Waals surface area contributed by atoms with Crippen molar-refractivity contribution in [3.8, 4) is 5.75 Å². The van der Waals surface area contributed by atoms with Crippen LogP contribution < -0.4 is 4.74 Å². The Morgan fingerprint density at radius 2 is 1.76 bits per heavy atom. The Balaban J connectivity index is 1.73. The molecule has 5 nitrogen and oxygen atoms in total. The number of nitrogens with zero attached hydrogens (tertiary/aromatic N) is 1. The van der Waals surface area contributed by atoms with Gasteiger partial charge in [-0.2, -0.15) is 0 Å². The molecule has 0 saturated carbocycles. The molecule has 0 radical (unpaired) electrons. The molecular weight excluding hydrogens is 382 g/mol. The van der Waals surface area contributed by atoms with Gasteiger partial charge in [-0.3, -0.25) is 4.79 Å². The van der Waals surface area contributed by atoms with Crippen LogP contribution in [0.25, 0.3) is 0 Å². The monoisotopic (exact) mass is 413 g/mol. The first kappa shape index (κ1) is 21.6. The molecule has 3 rings (SSSR count). The predicted molar refractivity (Wildman–Crippen MR) is 117 cm³/mol. The minimum absolute atomic E-state index is 0.138. The summed E-state index contributed by atoms with van der Waals surface area (Å²) in [4.78, 5) is 14.4. The van der Waals surface area contributed by atoms with Crippen LogP contribution in [-0.4, -0.2) is 43.9 Å². The van der Waals surface area contributed by atoms with Crippen LogP contribution in [0, 0.1) is 0 Å². The lowest BCUT2D eigenvalue weighted by atomic mass is 9.93. The summed E-state index contributed by atoms with van der Waals surface area (Å²) in [6.45, 7) is 10.3. The molecule has 0 spiro atoms. The number of benzene rings is 2. The predicted octanol–water partition coefficient (Wildman–Crippen LogP) is 4.44. The lowest BCUT2D eigenvalue weighted by molar-refractivity contribution is -0.0498. The molecule has 1 N–H and O–H groups in total. The van der Waals surface area contributed by atoms with E-state index < -0.39 is 13.8 Å². The van der Waals surface area contributed by atoms with Crippen molar-refractivity contribution in [1.29, 1.82) is 0 Å². The molecule has 1 aliphatic heterocycles. The molecule has 1 heterocycles. The van der Waals surface area contributed by atoms with Crippen LogP contribution in [0.2, 0.25) is 25.7 Å². The molecule has 1 unspecified atom stereocenters. The topological polar surface area (TPSA) is 59.0 Å². The molecule has 2 aromatic carbocycles. The Morgan fingerprint density at radius 1 is 1.07 bits per heavy atom. The van der Waals surface area contributed by atoms with E-state index >= 15 is 0 Å². The van der Waals surface area contributed by atoms with E-state index in [4.69, 9.17) is 9.47 Å². The number of carbonyl (C=O) groups is 1. The van der Waals surface area contributed by atoms with Crippen LogP contribution >= 0.6 is 0 Å². The van der Waals surface area contributed by atoms with Gasteiger partial charge in [-0.1, -0.05) is 56.9 Å². The molecule has 0 bridgehead atoms. The van der Waals surface area contributed by atoms with Gasteiger partial charge in [-0.25, -0.2) is 0 Å². The Bertz CT molecular complexity index is 847. The molecule has 29 heavy (non-hydrogen) atoms. The molecule has 1 atom stereocenters. The number of hydrogen-bond acceptors (Lipinski definition) is 4. The minimum atomic E-state index is -1.46. The van der Waals surface area contributed by atoms with Gasteiger partial charge in [0.1, 0.15) is 5.75 Å². The first-order valence-electron chi connectivity index (χ1n) is 10.2. The van der Waals surface area contributed by atoms with Gasteiger partial charge in [0, 0.05) is 37.9 Å². The highest BCUT2D eigenvalue weighted by Gasteiger charge is 2.49. The van der Waals surface area contributed by atoms with E-state index in [0.717, 1.165) is 12.5 Å². The number of amides is 1. The van der Waals surface area contributed by atoms with Crippen molar-refractivity contribution < 1.29 is 19.4 Å². The van der Waals surface area contributed by atoms with Gasteiger partial charge in [-0.05, 0) is 30.7 Å². The fourth-order valence-corrected chi connectivity index (χ4v) is 4.30. The molecule has 0 fully saturated rings. The number of ether oxygens (including phenoxy) is 2. The summed E-state index contributed by atoms with van der Waals surface area (Å²) < 4.78 is 11.3. The zero-order valence-electron chi connectivity index (χ0n) is 17.8. The van der Waals surface area contributed by atoms with E-state index in [9.17, 15) is 9.90 Å². The van der Waals surface area contributed by atoms with E-state index in [1.165, 1.54) is 0 Å². The van der Waals surface area contributed by atoms with Gasteiger partial charge in [0.05, 0.1) is 0 Å². The first-order chi connectivity index (χ1) is 13.8. The Morgan fingerprint density at radius 3 is 2.41 bits per heavy atom. The Kier molecular flexibility index (Phi) is 6.46. The smallest absolute Gasteiger partial charge is 0.257 e. The summed E-state index contributed by atoms with van der Waals surface area (Å²) in [5.41, 5.74) is 0.369. The highest BCUT2D eigenvalue weighted by molar-refractivity contribution is 6.76. The molecular formula is C23H31NO4Si. The second kappa shape index (κ2) is 8.69. The summed E-state index contributed by atoms with van der Waals surface area (Å²) in [7, 11) is -1.11. The normalized spacial score (nSPS) is 18.8. The average molecular weight is 414 g/mol. The van der Waals surface area contributed by atoms with Gasteiger partial charge < -0.3 is 19.5 Å². The van der Waals surface area contributed by atoms with Crippen molar-refractivity contribution in [3.63, 3.8) is 0 Å². The Hall–Kier alpha value is -2.15. The Labute approximate surface area is 174 Å². The fraction of sp³-hybridized carbons (Fsp3) is 0.435. The molecule has 0 saturated heterocycles. The second-order valence-electron chi connectivity index (χ2n) is 8.68. The number of carbonyl (C=O) groups excluding carboxylic acids is 1. The van der Waals surface area contributed by atoms with E-state index in [-0.39, 0.29) is 12.7 Å². The average Bonchev–Trinajstić information content (AvgIpc) is 2.91. The summed E-state index contributed by atoms with van der Waals surface area (Å²) >= 11 is 0. The highest BCUT2D eigenvalue weighted by Crippen LogP contribution is 2.42. The molecule has 0 aliphatic carbocycles. The molecule has 6 heteroatoms. The summed E-state index contributed by atoms with van der Waals surface area (Å²) in [5.74, 6) is 0.533. The maximum Gasteiger partial charge on any atom is 0.257 e. The number of hydrogen-bond donors (Lipinski definition) is 1. The quantitative estimate of drug-likeness (QED) is 0.375. The third kappa shape index (κ3) is 4.55. The van der Waals surface area contributed by atoms with Crippen LogP contribution in [0.4, 0.5) is 0 Å². The van der Waals surface area contributed by atoms with Crippen LogP contribution in [0.5, 0.6) is 5.75 Å². The van der Waals surface area contributed by atoms with Crippen molar-refractivity contribution in [1.82, 2.24) is 4.90 Å². The third-order valence-corrected chi connectivity index (χ3v) is 6.88. The van der Waals surface area contributed by atoms with Crippen molar-refractivity contribution in [2.24, 2.45) is 0 Å². The third-order valence-electron chi connectivity index (χ3n) is 5.18. The van der Waals surface area contributed by atoms with Gasteiger partial charge in [0.2, 0.25) is 0 Å².